The first-order valence-electron chi connectivity index (χ1n) is 6.67. The number of nitrogens with zero attached hydrogens (tertiary/aromatic N) is 1. The molecular weight excluding hydrogens is 326 g/mol. The summed E-state index contributed by atoms with van der Waals surface area (Å²) in [6, 6.07) is 2.18. The standard InChI is InChI=1S/C14H20BrNO2S/c1-3-14(13(17)18)4-6-16(7-5-14)9-11-8-12(15)10(2)19-11/h8H,3-7,9H2,1-2H3,(H,17,18). The number of aryl methyl sites for hydroxylation is 1. The Labute approximate surface area is 126 Å². The van der Waals surface area contributed by atoms with Crippen molar-refractivity contribution in [3.63, 3.8) is 0 Å². The fourth-order valence-electron chi connectivity index (χ4n) is 2.67. The predicted octanol–water partition coefficient (Wildman–Crippen LogP) is 3.90. The van der Waals surface area contributed by atoms with Gasteiger partial charge in [0.15, 0.2) is 0 Å². The van der Waals surface area contributed by atoms with Gasteiger partial charge in [0.2, 0.25) is 0 Å². The second-order valence-electron chi connectivity index (χ2n) is 5.33. The van der Waals surface area contributed by atoms with Gasteiger partial charge in [-0.25, -0.2) is 0 Å². The quantitative estimate of drug-likeness (QED) is 0.899. The van der Waals surface area contributed by atoms with E-state index in [0.717, 1.165) is 38.9 Å². The van der Waals surface area contributed by atoms with Crippen molar-refractivity contribution in [1.82, 2.24) is 4.90 Å². The van der Waals surface area contributed by atoms with Gasteiger partial charge in [-0.2, -0.15) is 0 Å². The van der Waals surface area contributed by atoms with Crippen LogP contribution in [0.3, 0.4) is 0 Å². The molecule has 2 rings (SSSR count). The Hall–Kier alpha value is -0.390. The summed E-state index contributed by atoms with van der Waals surface area (Å²) < 4.78 is 1.18. The zero-order valence-corrected chi connectivity index (χ0v) is 13.8. The largest absolute Gasteiger partial charge is 0.481 e. The number of hydrogen-bond donors (Lipinski definition) is 1. The molecule has 106 valence electrons. The topological polar surface area (TPSA) is 40.5 Å². The summed E-state index contributed by atoms with van der Waals surface area (Å²) in [5.41, 5.74) is -0.484. The fourth-order valence-corrected chi connectivity index (χ4v) is 4.32. The van der Waals surface area contributed by atoms with Crippen LogP contribution in [0.25, 0.3) is 0 Å². The van der Waals surface area contributed by atoms with Crippen LogP contribution in [0, 0.1) is 12.3 Å². The van der Waals surface area contributed by atoms with E-state index in [1.54, 1.807) is 0 Å². The van der Waals surface area contributed by atoms with Gasteiger partial charge in [-0.3, -0.25) is 9.69 Å². The van der Waals surface area contributed by atoms with Crippen LogP contribution in [-0.4, -0.2) is 29.1 Å². The van der Waals surface area contributed by atoms with Crippen LogP contribution < -0.4 is 0 Å². The highest BCUT2D eigenvalue weighted by molar-refractivity contribution is 9.10. The minimum Gasteiger partial charge on any atom is -0.481 e. The molecule has 19 heavy (non-hydrogen) atoms. The molecule has 1 N–H and O–H groups in total. The molecule has 1 aromatic heterocycles. The Morgan fingerprint density at radius 1 is 1.53 bits per heavy atom. The Kier molecular flexibility index (Phi) is 4.69. The predicted molar refractivity (Wildman–Crippen MR) is 81.6 cm³/mol. The number of carboxylic acid groups (broad SMARTS) is 1. The number of thiophene rings is 1. The van der Waals surface area contributed by atoms with Crippen molar-refractivity contribution in [2.75, 3.05) is 13.1 Å². The number of halogens is 1. The van der Waals surface area contributed by atoms with E-state index in [4.69, 9.17) is 0 Å². The second kappa shape index (κ2) is 5.94. The summed E-state index contributed by atoms with van der Waals surface area (Å²) in [6.45, 7) is 6.81. The van der Waals surface area contributed by atoms with Gasteiger partial charge >= 0.3 is 5.97 Å². The van der Waals surface area contributed by atoms with Crippen molar-refractivity contribution in [1.29, 1.82) is 0 Å². The van der Waals surface area contributed by atoms with Crippen LogP contribution >= 0.6 is 27.3 Å². The minimum absolute atomic E-state index is 0.484. The minimum atomic E-state index is -0.621. The van der Waals surface area contributed by atoms with E-state index in [1.165, 1.54) is 14.2 Å². The van der Waals surface area contributed by atoms with Crippen LogP contribution in [0.1, 0.15) is 35.9 Å². The van der Waals surface area contributed by atoms with E-state index in [-0.39, 0.29) is 0 Å². The van der Waals surface area contributed by atoms with E-state index >= 15 is 0 Å². The lowest BCUT2D eigenvalue weighted by Gasteiger charge is -2.38. The highest BCUT2D eigenvalue weighted by atomic mass is 79.9. The number of carbonyl (C=O) groups is 1. The number of carboxylic acids is 1. The summed E-state index contributed by atoms with van der Waals surface area (Å²) in [4.78, 5) is 16.4. The van der Waals surface area contributed by atoms with Gasteiger partial charge in [0.05, 0.1) is 5.41 Å². The summed E-state index contributed by atoms with van der Waals surface area (Å²) in [7, 11) is 0. The number of hydrogen-bond acceptors (Lipinski definition) is 3. The third-order valence-electron chi connectivity index (χ3n) is 4.23. The molecule has 1 aliphatic heterocycles. The third-order valence-corrected chi connectivity index (χ3v) is 6.35. The Morgan fingerprint density at radius 3 is 2.58 bits per heavy atom. The SMILES string of the molecule is CCC1(C(=O)O)CCN(Cc2cc(Br)c(C)s2)CC1. The van der Waals surface area contributed by atoms with Gasteiger partial charge in [0, 0.05) is 20.8 Å². The van der Waals surface area contributed by atoms with Gasteiger partial charge < -0.3 is 5.11 Å². The van der Waals surface area contributed by atoms with Gasteiger partial charge in [0.1, 0.15) is 0 Å². The molecule has 0 atom stereocenters. The maximum Gasteiger partial charge on any atom is 0.309 e. The monoisotopic (exact) mass is 345 g/mol. The lowest BCUT2D eigenvalue weighted by molar-refractivity contribution is -0.152. The maximum atomic E-state index is 11.4. The highest BCUT2D eigenvalue weighted by Crippen LogP contribution is 2.36. The van der Waals surface area contributed by atoms with Crippen molar-refractivity contribution in [2.45, 2.75) is 39.7 Å². The number of piperidine rings is 1. The molecular formula is C14H20BrNO2S. The van der Waals surface area contributed by atoms with Crippen LogP contribution in [0.15, 0.2) is 10.5 Å². The van der Waals surface area contributed by atoms with E-state index in [2.05, 4.69) is 33.8 Å². The van der Waals surface area contributed by atoms with E-state index in [9.17, 15) is 9.90 Å². The average molecular weight is 346 g/mol. The van der Waals surface area contributed by atoms with Crippen LogP contribution in [0.2, 0.25) is 0 Å². The van der Waals surface area contributed by atoms with Crippen molar-refractivity contribution < 1.29 is 9.90 Å². The van der Waals surface area contributed by atoms with Crippen molar-refractivity contribution in [3.05, 3.63) is 20.3 Å². The molecule has 0 bridgehead atoms. The van der Waals surface area contributed by atoms with Crippen molar-refractivity contribution in [3.8, 4) is 0 Å². The molecule has 1 aliphatic rings. The number of aliphatic carboxylic acids is 1. The number of rotatable bonds is 4. The lowest BCUT2D eigenvalue weighted by Crippen LogP contribution is -2.43. The first kappa shape index (κ1) is 15.0. The molecule has 0 aliphatic carbocycles. The lowest BCUT2D eigenvalue weighted by atomic mass is 9.76. The molecule has 0 spiro atoms. The first-order valence-corrected chi connectivity index (χ1v) is 8.28. The van der Waals surface area contributed by atoms with Gasteiger partial charge in [-0.15, -0.1) is 11.3 Å². The van der Waals surface area contributed by atoms with Crippen molar-refractivity contribution in [2.24, 2.45) is 5.41 Å². The molecule has 3 nitrogen and oxygen atoms in total. The zero-order valence-electron chi connectivity index (χ0n) is 11.4. The van der Waals surface area contributed by atoms with Gasteiger partial charge in [-0.1, -0.05) is 6.92 Å². The van der Waals surface area contributed by atoms with E-state index < -0.39 is 11.4 Å². The smallest absolute Gasteiger partial charge is 0.309 e. The van der Waals surface area contributed by atoms with Crippen LogP contribution in [0.4, 0.5) is 0 Å². The van der Waals surface area contributed by atoms with Crippen LogP contribution in [-0.2, 0) is 11.3 Å². The van der Waals surface area contributed by atoms with E-state index in [1.807, 2.05) is 18.3 Å². The maximum absolute atomic E-state index is 11.4. The van der Waals surface area contributed by atoms with Gasteiger partial charge in [0.25, 0.3) is 0 Å². The third kappa shape index (κ3) is 3.20. The molecule has 2 heterocycles. The van der Waals surface area contributed by atoms with Crippen molar-refractivity contribution >= 4 is 33.2 Å². The normalized spacial score (nSPS) is 19.5. The van der Waals surface area contributed by atoms with Crippen LogP contribution in [0.5, 0.6) is 0 Å². The van der Waals surface area contributed by atoms with E-state index in [0.29, 0.717) is 0 Å². The molecule has 5 heteroatoms. The summed E-state index contributed by atoms with van der Waals surface area (Å²) >= 11 is 5.36. The molecule has 1 aromatic rings. The first-order chi connectivity index (χ1) is 8.97. The summed E-state index contributed by atoms with van der Waals surface area (Å²) in [5.74, 6) is -0.621. The molecule has 0 saturated carbocycles. The summed E-state index contributed by atoms with van der Waals surface area (Å²) in [6.07, 6.45) is 2.27. The average Bonchev–Trinajstić information content (AvgIpc) is 2.69. The Bertz CT molecular complexity index is 445. The zero-order chi connectivity index (χ0) is 14.0. The molecule has 0 unspecified atom stereocenters. The fraction of sp³-hybridized carbons (Fsp3) is 0.643. The molecule has 1 fully saturated rings. The highest BCUT2D eigenvalue weighted by Gasteiger charge is 2.39. The Morgan fingerprint density at radius 2 is 2.16 bits per heavy atom. The molecule has 0 amide bonds. The Balaban J connectivity index is 1.95. The molecule has 0 radical (unpaired) electrons. The summed E-state index contributed by atoms with van der Waals surface area (Å²) in [5, 5.41) is 9.38. The second-order valence-corrected chi connectivity index (χ2v) is 7.53. The van der Waals surface area contributed by atoms with Gasteiger partial charge in [-0.05, 0) is 61.3 Å². The number of likely N-dealkylation sites (tertiary alicyclic amines) is 1. The molecule has 0 aromatic carbocycles. The molecule has 1 saturated heterocycles.